The first-order valence-corrected chi connectivity index (χ1v) is 7.22. The van der Waals surface area contributed by atoms with Crippen LogP contribution in [0.4, 0.5) is 0 Å². The van der Waals surface area contributed by atoms with E-state index in [-0.39, 0.29) is 30.2 Å². The summed E-state index contributed by atoms with van der Waals surface area (Å²) in [7, 11) is 1.55. The molecule has 0 aromatic heterocycles. The fourth-order valence-corrected chi connectivity index (χ4v) is 2.78. The first kappa shape index (κ1) is 15.5. The number of piperidine rings is 1. The molecular formula is C16H22N2O3. The summed E-state index contributed by atoms with van der Waals surface area (Å²) < 4.78 is 5.23. The molecule has 2 N–H and O–H groups in total. The topological polar surface area (TPSA) is 72.6 Å². The number of hydrogen-bond acceptors (Lipinski definition) is 4. The molecule has 1 fully saturated rings. The van der Waals surface area contributed by atoms with E-state index >= 15 is 0 Å². The van der Waals surface area contributed by atoms with Crippen LogP contribution in [0.15, 0.2) is 24.3 Å². The summed E-state index contributed by atoms with van der Waals surface area (Å²) >= 11 is 0. The van der Waals surface area contributed by atoms with Gasteiger partial charge in [0, 0.05) is 12.6 Å². The second-order valence-corrected chi connectivity index (χ2v) is 5.58. The predicted molar refractivity (Wildman–Crippen MR) is 80.3 cm³/mol. The van der Waals surface area contributed by atoms with Crippen LogP contribution in [-0.2, 0) is 4.79 Å². The number of rotatable bonds is 5. The van der Waals surface area contributed by atoms with Gasteiger partial charge in [0.05, 0.1) is 25.1 Å². The number of Topliss-reactive ketones (excluding diaryl/α,β-unsaturated/α-hetero) is 1. The van der Waals surface area contributed by atoms with Gasteiger partial charge in [-0.05, 0) is 31.9 Å². The molecule has 2 rings (SSSR count). The molecule has 2 atom stereocenters. The molecule has 0 bridgehead atoms. The van der Waals surface area contributed by atoms with Crippen LogP contribution in [0, 0.1) is 5.92 Å². The zero-order valence-corrected chi connectivity index (χ0v) is 12.5. The average Bonchev–Trinajstić information content (AvgIpc) is 2.49. The highest BCUT2D eigenvalue weighted by Gasteiger charge is 2.30. The highest BCUT2D eigenvalue weighted by Crippen LogP contribution is 2.23. The van der Waals surface area contributed by atoms with Crippen LogP contribution in [0.3, 0.4) is 0 Å². The van der Waals surface area contributed by atoms with Crippen molar-refractivity contribution in [1.82, 2.24) is 4.90 Å². The molecule has 1 saturated heterocycles. The van der Waals surface area contributed by atoms with Gasteiger partial charge in [0.25, 0.3) is 0 Å². The number of nitrogens with zero attached hydrogens (tertiary/aromatic N) is 1. The molecule has 0 spiro atoms. The molecule has 1 aromatic rings. The third-order valence-corrected chi connectivity index (χ3v) is 4.17. The Morgan fingerprint density at radius 2 is 2.05 bits per heavy atom. The van der Waals surface area contributed by atoms with E-state index in [0.717, 1.165) is 12.8 Å². The Kier molecular flexibility index (Phi) is 4.96. The predicted octanol–water partition coefficient (Wildman–Crippen LogP) is 1.46. The van der Waals surface area contributed by atoms with Gasteiger partial charge in [0.1, 0.15) is 5.75 Å². The van der Waals surface area contributed by atoms with E-state index in [9.17, 15) is 9.59 Å². The van der Waals surface area contributed by atoms with Crippen LogP contribution in [0.25, 0.3) is 0 Å². The number of ether oxygens (including phenoxy) is 1. The van der Waals surface area contributed by atoms with Crippen LogP contribution >= 0.6 is 0 Å². The summed E-state index contributed by atoms with van der Waals surface area (Å²) in [6.45, 7) is 2.91. The van der Waals surface area contributed by atoms with Crippen LogP contribution in [0.1, 0.15) is 30.1 Å². The smallest absolute Gasteiger partial charge is 0.221 e. The van der Waals surface area contributed by atoms with Gasteiger partial charge in [-0.3, -0.25) is 14.5 Å². The fraction of sp³-hybridized carbons (Fsp3) is 0.500. The molecule has 1 aliphatic rings. The normalized spacial score (nSPS) is 22.8. The minimum absolute atomic E-state index is 0.00409. The number of primary amides is 1. The van der Waals surface area contributed by atoms with Crippen LogP contribution < -0.4 is 10.5 Å². The SMILES string of the molecule is COc1ccccc1C(=O)CN1CC(C(N)=O)CCC1C. The fourth-order valence-electron chi connectivity index (χ4n) is 2.78. The van der Waals surface area contributed by atoms with Crippen molar-refractivity contribution in [3.05, 3.63) is 29.8 Å². The van der Waals surface area contributed by atoms with E-state index < -0.39 is 0 Å². The molecule has 0 radical (unpaired) electrons. The highest BCUT2D eigenvalue weighted by atomic mass is 16.5. The van der Waals surface area contributed by atoms with Gasteiger partial charge in [-0.15, -0.1) is 0 Å². The Labute approximate surface area is 125 Å². The number of hydrogen-bond donors (Lipinski definition) is 1. The molecular weight excluding hydrogens is 268 g/mol. The number of ketones is 1. The number of carbonyl (C=O) groups is 2. The summed E-state index contributed by atoms with van der Waals surface area (Å²) in [4.78, 5) is 25.9. The Hall–Kier alpha value is -1.88. The van der Waals surface area contributed by atoms with Crippen LogP contribution in [0.5, 0.6) is 5.75 Å². The quantitative estimate of drug-likeness (QED) is 0.833. The van der Waals surface area contributed by atoms with Crippen molar-refractivity contribution in [3.8, 4) is 5.75 Å². The molecule has 2 unspecified atom stereocenters. The number of likely N-dealkylation sites (tertiary alicyclic amines) is 1. The number of nitrogens with two attached hydrogens (primary N) is 1. The lowest BCUT2D eigenvalue weighted by Gasteiger charge is -2.36. The van der Waals surface area contributed by atoms with Gasteiger partial charge in [-0.25, -0.2) is 0 Å². The van der Waals surface area contributed by atoms with E-state index in [0.29, 0.717) is 17.9 Å². The monoisotopic (exact) mass is 290 g/mol. The van der Waals surface area contributed by atoms with Gasteiger partial charge in [-0.2, -0.15) is 0 Å². The molecule has 1 aliphatic heterocycles. The largest absolute Gasteiger partial charge is 0.496 e. The first-order chi connectivity index (χ1) is 10.0. The highest BCUT2D eigenvalue weighted by molar-refractivity contribution is 6.00. The zero-order valence-electron chi connectivity index (χ0n) is 12.5. The van der Waals surface area contributed by atoms with Gasteiger partial charge in [0.2, 0.25) is 5.91 Å². The zero-order chi connectivity index (χ0) is 15.4. The maximum absolute atomic E-state index is 12.5. The van der Waals surface area contributed by atoms with Gasteiger partial charge in [-0.1, -0.05) is 12.1 Å². The molecule has 1 aromatic carbocycles. The Morgan fingerprint density at radius 1 is 1.33 bits per heavy atom. The molecule has 0 aliphatic carbocycles. The second-order valence-electron chi connectivity index (χ2n) is 5.58. The molecule has 5 nitrogen and oxygen atoms in total. The van der Waals surface area contributed by atoms with E-state index in [1.165, 1.54) is 0 Å². The molecule has 114 valence electrons. The molecule has 1 heterocycles. The number of methoxy groups -OCH3 is 1. The maximum Gasteiger partial charge on any atom is 0.221 e. The lowest BCUT2D eigenvalue weighted by Crippen LogP contribution is -2.47. The Bertz CT molecular complexity index is 530. The number of amides is 1. The summed E-state index contributed by atoms with van der Waals surface area (Å²) in [5.41, 5.74) is 5.97. The summed E-state index contributed by atoms with van der Waals surface area (Å²) in [6.07, 6.45) is 1.68. The second kappa shape index (κ2) is 6.72. The summed E-state index contributed by atoms with van der Waals surface area (Å²) in [6, 6.07) is 7.48. The minimum atomic E-state index is -0.281. The first-order valence-electron chi connectivity index (χ1n) is 7.22. The van der Waals surface area contributed by atoms with E-state index in [1.54, 1.807) is 19.2 Å². The van der Waals surface area contributed by atoms with Crippen molar-refractivity contribution < 1.29 is 14.3 Å². The van der Waals surface area contributed by atoms with Crippen LogP contribution in [0.2, 0.25) is 0 Å². The van der Waals surface area contributed by atoms with Crippen molar-refractivity contribution in [1.29, 1.82) is 0 Å². The van der Waals surface area contributed by atoms with Crippen molar-refractivity contribution in [2.24, 2.45) is 11.7 Å². The Balaban J connectivity index is 2.09. The van der Waals surface area contributed by atoms with Crippen molar-refractivity contribution >= 4 is 11.7 Å². The van der Waals surface area contributed by atoms with Gasteiger partial charge in [0.15, 0.2) is 5.78 Å². The average molecular weight is 290 g/mol. The van der Waals surface area contributed by atoms with E-state index in [2.05, 4.69) is 6.92 Å². The number of benzene rings is 1. The van der Waals surface area contributed by atoms with Crippen molar-refractivity contribution in [2.75, 3.05) is 20.2 Å². The molecule has 5 heteroatoms. The van der Waals surface area contributed by atoms with Crippen molar-refractivity contribution in [2.45, 2.75) is 25.8 Å². The molecule has 1 amide bonds. The third kappa shape index (κ3) is 3.61. The van der Waals surface area contributed by atoms with E-state index in [1.807, 2.05) is 17.0 Å². The number of para-hydroxylation sites is 1. The minimum Gasteiger partial charge on any atom is -0.496 e. The van der Waals surface area contributed by atoms with E-state index in [4.69, 9.17) is 10.5 Å². The molecule has 21 heavy (non-hydrogen) atoms. The summed E-state index contributed by atoms with van der Waals surface area (Å²) in [5.74, 6) is 0.145. The summed E-state index contributed by atoms with van der Waals surface area (Å²) in [5, 5.41) is 0. The maximum atomic E-state index is 12.5. The molecule has 0 saturated carbocycles. The third-order valence-electron chi connectivity index (χ3n) is 4.17. The lowest BCUT2D eigenvalue weighted by molar-refractivity contribution is -0.123. The van der Waals surface area contributed by atoms with Gasteiger partial charge >= 0.3 is 0 Å². The van der Waals surface area contributed by atoms with Crippen LogP contribution in [-0.4, -0.2) is 42.8 Å². The Morgan fingerprint density at radius 3 is 2.71 bits per heavy atom. The lowest BCUT2D eigenvalue weighted by atomic mass is 9.92. The standard InChI is InChI=1S/C16H22N2O3/c1-11-7-8-12(16(17)20)9-18(11)10-14(19)13-5-3-4-6-15(13)21-2/h3-6,11-12H,7-10H2,1-2H3,(H2,17,20). The number of carbonyl (C=O) groups excluding carboxylic acids is 2. The van der Waals surface area contributed by atoms with Crippen molar-refractivity contribution in [3.63, 3.8) is 0 Å². The van der Waals surface area contributed by atoms with Gasteiger partial charge < -0.3 is 10.5 Å².